The Bertz CT molecular complexity index is 1910. The lowest BCUT2D eigenvalue weighted by atomic mass is 10.0. The van der Waals surface area contributed by atoms with Gasteiger partial charge in [-0.05, 0) is 60.8 Å². The molecular formula is C32H29N7O5. The second-order valence-electron chi connectivity index (χ2n) is 10.7. The number of aromatic nitrogens is 5. The Labute approximate surface area is 252 Å². The van der Waals surface area contributed by atoms with Gasteiger partial charge in [-0.2, -0.15) is 0 Å². The molecule has 2 amide bonds. The first-order chi connectivity index (χ1) is 21.2. The molecule has 1 aliphatic heterocycles. The lowest BCUT2D eigenvalue weighted by Gasteiger charge is -2.21. The standard InChI is InChI=1S/C32H29N7O5/c1-4-38-24-18-23(34-22(14-15-32(2,3)42)25(24)35-29(38)26-28(33)37-44-36-26)27(19-10-6-5-7-11-19)43-17-16-39-30(40)20-12-8-9-13-21(20)31(39)41/h5-13,18,27,42H,4,16-17H2,1-3H3,(H2,33,37). The number of imide groups is 1. The van der Waals surface area contributed by atoms with Crippen molar-refractivity contribution in [3.8, 4) is 23.4 Å². The van der Waals surface area contributed by atoms with Gasteiger partial charge in [-0.1, -0.05) is 48.4 Å². The summed E-state index contributed by atoms with van der Waals surface area (Å²) in [6.45, 7) is 5.70. The molecule has 0 radical (unpaired) electrons. The lowest BCUT2D eigenvalue weighted by molar-refractivity contribution is 0.0443. The Hall–Kier alpha value is -5.38. The molecule has 2 aromatic carbocycles. The Morgan fingerprint density at radius 2 is 1.70 bits per heavy atom. The van der Waals surface area contributed by atoms with E-state index in [-0.39, 0.29) is 36.5 Å². The smallest absolute Gasteiger partial charge is 0.261 e. The maximum atomic E-state index is 12.9. The van der Waals surface area contributed by atoms with Crippen molar-refractivity contribution in [3.05, 3.63) is 88.7 Å². The van der Waals surface area contributed by atoms with Gasteiger partial charge in [0, 0.05) is 6.54 Å². The molecule has 3 N–H and O–H groups in total. The number of nitrogen functional groups attached to an aromatic ring is 1. The summed E-state index contributed by atoms with van der Waals surface area (Å²) < 4.78 is 13.1. The van der Waals surface area contributed by atoms with Crippen LogP contribution in [0.2, 0.25) is 0 Å². The molecule has 1 aliphatic rings. The van der Waals surface area contributed by atoms with Crippen LogP contribution in [0.4, 0.5) is 5.82 Å². The van der Waals surface area contributed by atoms with Crippen molar-refractivity contribution in [1.82, 2.24) is 29.7 Å². The van der Waals surface area contributed by atoms with Crippen LogP contribution in [0.25, 0.3) is 22.6 Å². The molecule has 0 aliphatic carbocycles. The third-order valence-corrected chi connectivity index (χ3v) is 7.13. The van der Waals surface area contributed by atoms with Crippen LogP contribution in [0.3, 0.4) is 0 Å². The van der Waals surface area contributed by atoms with E-state index in [1.807, 2.05) is 47.9 Å². The van der Waals surface area contributed by atoms with E-state index in [0.29, 0.717) is 45.9 Å². The summed E-state index contributed by atoms with van der Waals surface area (Å²) in [7, 11) is 0. The quantitative estimate of drug-likeness (QED) is 0.201. The number of fused-ring (bicyclic) bond motifs is 2. The van der Waals surface area contributed by atoms with Crippen molar-refractivity contribution in [2.24, 2.45) is 0 Å². The summed E-state index contributed by atoms with van der Waals surface area (Å²) in [5.74, 6) is 5.63. The highest BCUT2D eigenvalue weighted by atomic mass is 16.6. The van der Waals surface area contributed by atoms with E-state index in [2.05, 4.69) is 22.2 Å². The monoisotopic (exact) mass is 591 g/mol. The number of carbonyl (C=O) groups is 2. The predicted octanol–water partition coefficient (Wildman–Crippen LogP) is 3.61. The Kier molecular flexibility index (Phi) is 7.42. The van der Waals surface area contributed by atoms with Gasteiger partial charge in [0.25, 0.3) is 11.8 Å². The summed E-state index contributed by atoms with van der Waals surface area (Å²) in [6.07, 6.45) is -0.694. The fraction of sp³-hybridized carbons (Fsp3) is 0.250. The normalized spacial score (nSPS) is 13.7. The second-order valence-corrected chi connectivity index (χ2v) is 10.7. The van der Waals surface area contributed by atoms with Gasteiger partial charge in [-0.15, -0.1) is 0 Å². The first-order valence-electron chi connectivity index (χ1n) is 14.0. The fourth-order valence-corrected chi connectivity index (χ4v) is 5.11. The predicted molar refractivity (Wildman–Crippen MR) is 160 cm³/mol. The molecule has 6 rings (SSSR count). The summed E-state index contributed by atoms with van der Waals surface area (Å²) in [4.78, 5) is 36.7. The molecule has 1 atom stereocenters. The number of imidazole rings is 1. The van der Waals surface area contributed by atoms with Gasteiger partial charge < -0.3 is 20.1 Å². The van der Waals surface area contributed by atoms with E-state index >= 15 is 0 Å². The van der Waals surface area contributed by atoms with Crippen LogP contribution in [0, 0.1) is 11.8 Å². The highest BCUT2D eigenvalue weighted by Crippen LogP contribution is 2.32. The van der Waals surface area contributed by atoms with E-state index < -0.39 is 11.7 Å². The minimum absolute atomic E-state index is 0.0505. The molecule has 3 aromatic heterocycles. The van der Waals surface area contributed by atoms with E-state index in [1.54, 1.807) is 38.1 Å². The maximum Gasteiger partial charge on any atom is 0.261 e. The Balaban J connectivity index is 1.42. The average molecular weight is 592 g/mol. The lowest BCUT2D eigenvalue weighted by Crippen LogP contribution is -2.33. The number of hydrogen-bond donors (Lipinski definition) is 2. The minimum atomic E-state index is -1.29. The Morgan fingerprint density at radius 3 is 2.32 bits per heavy atom. The van der Waals surface area contributed by atoms with Crippen LogP contribution in [0.15, 0.2) is 65.3 Å². The van der Waals surface area contributed by atoms with E-state index in [0.717, 1.165) is 5.56 Å². The van der Waals surface area contributed by atoms with Crippen molar-refractivity contribution in [2.45, 2.75) is 39.0 Å². The number of anilines is 1. The van der Waals surface area contributed by atoms with Crippen LogP contribution in [0.5, 0.6) is 0 Å². The van der Waals surface area contributed by atoms with E-state index in [4.69, 9.17) is 25.1 Å². The van der Waals surface area contributed by atoms with Crippen LogP contribution < -0.4 is 5.73 Å². The largest absolute Gasteiger partial charge is 0.379 e. The van der Waals surface area contributed by atoms with Gasteiger partial charge in [0.05, 0.1) is 35.5 Å². The third-order valence-electron chi connectivity index (χ3n) is 7.13. The van der Waals surface area contributed by atoms with Gasteiger partial charge in [0.2, 0.25) is 0 Å². The first-order valence-corrected chi connectivity index (χ1v) is 14.0. The molecule has 222 valence electrons. The van der Waals surface area contributed by atoms with Crippen molar-refractivity contribution in [3.63, 3.8) is 0 Å². The zero-order valence-electron chi connectivity index (χ0n) is 24.3. The molecule has 0 spiro atoms. The van der Waals surface area contributed by atoms with Gasteiger partial charge >= 0.3 is 0 Å². The maximum absolute atomic E-state index is 12.9. The number of pyridine rings is 1. The van der Waals surface area contributed by atoms with Crippen LogP contribution >= 0.6 is 0 Å². The summed E-state index contributed by atoms with van der Waals surface area (Å²) in [5.41, 5.74) is 8.54. The molecule has 4 heterocycles. The third kappa shape index (κ3) is 5.30. The first kappa shape index (κ1) is 28.7. The topological polar surface area (TPSA) is 162 Å². The Morgan fingerprint density at radius 1 is 1.02 bits per heavy atom. The van der Waals surface area contributed by atoms with Gasteiger partial charge in [0.1, 0.15) is 22.9 Å². The number of nitrogens with two attached hydrogens (primary N) is 1. The number of ether oxygens (including phenoxy) is 1. The zero-order chi connectivity index (χ0) is 31.0. The molecule has 0 saturated carbocycles. The molecule has 5 aromatic rings. The van der Waals surface area contributed by atoms with Gasteiger partial charge in [0.15, 0.2) is 17.3 Å². The molecule has 12 nitrogen and oxygen atoms in total. The molecule has 0 fully saturated rings. The molecule has 0 saturated heterocycles. The average Bonchev–Trinajstić information content (AvgIpc) is 3.68. The SMILES string of the molecule is CCn1c(-c2nonc2N)nc2c(C#CC(C)(C)O)nc(C(OCCN3C(=O)c4ccccc4C3=O)c3ccccc3)cc21. The number of carbonyl (C=O) groups excluding carboxylic acids is 2. The van der Waals surface area contributed by atoms with Crippen LogP contribution in [-0.2, 0) is 11.3 Å². The summed E-state index contributed by atoms with van der Waals surface area (Å²) in [6, 6.07) is 18.1. The molecular weight excluding hydrogens is 562 g/mol. The molecule has 1 unspecified atom stereocenters. The summed E-state index contributed by atoms with van der Waals surface area (Å²) in [5, 5.41) is 18.0. The van der Waals surface area contributed by atoms with Crippen molar-refractivity contribution < 1.29 is 24.1 Å². The molecule has 44 heavy (non-hydrogen) atoms. The van der Waals surface area contributed by atoms with Crippen molar-refractivity contribution >= 4 is 28.7 Å². The van der Waals surface area contributed by atoms with Crippen molar-refractivity contribution in [1.29, 1.82) is 0 Å². The number of amides is 2. The number of nitrogens with zero attached hydrogens (tertiary/aromatic N) is 6. The number of aryl methyl sites for hydroxylation is 1. The van der Waals surface area contributed by atoms with Gasteiger partial charge in [-0.25, -0.2) is 14.6 Å². The number of aliphatic hydroxyl groups is 1. The molecule has 12 heteroatoms. The second kappa shape index (κ2) is 11.4. The van der Waals surface area contributed by atoms with Crippen LogP contribution in [0.1, 0.15) is 64.5 Å². The number of rotatable bonds is 8. The fourth-order valence-electron chi connectivity index (χ4n) is 5.11. The van der Waals surface area contributed by atoms with E-state index in [1.165, 1.54) is 4.90 Å². The summed E-state index contributed by atoms with van der Waals surface area (Å²) >= 11 is 0. The van der Waals surface area contributed by atoms with E-state index in [9.17, 15) is 14.7 Å². The number of benzene rings is 2. The van der Waals surface area contributed by atoms with Crippen LogP contribution in [-0.4, -0.2) is 65.4 Å². The molecule has 0 bridgehead atoms. The van der Waals surface area contributed by atoms with Crippen molar-refractivity contribution in [2.75, 3.05) is 18.9 Å². The zero-order valence-corrected chi connectivity index (χ0v) is 24.3. The highest BCUT2D eigenvalue weighted by Gasteiger charge is 2.35. The number of hydrogen-bond acceptors (Lipinski definition) is 10. The minimum Gasteiger partial charge on any atom is -0.379 e. The van der Waals surface area contributed by atoms with Gasteiger partial charge in [-0.3, -0.25) is 14.5 Å². The highest BCUT2D eigenvalue weighted by molar-refractivity contribution is 6.21.